The molecule has 1 saturated carbocycles. The second-order valence-electron chi connectivity index (χ2n) is 8.01. The molecule has 0 bridgehead atoms. The fourth-order valence-electron chi connectivity index (χ4n) is 3.56. The smallest absolute Gasteiger partial charge is 0.343 e. The van der Waals surface area contributed by atoms with Crippen molar-refractivity contribution in [2.45, 2.75) is 32.1 Å². The van der Waals surface area contributed by atoms with Crippen molar-refractivity contribution in [2.24, 2.45) is 11.8 Å². The van der Waals surface area contributed by atoms with E-state index < -0.39 is 42.0 Å². The summed E-state index contributed by atoms with van der Waals surface area (Å²) in [4.78, 5) is 58.6. The molecule has 0 spiro atoms. The molecule has 1 fully saturated rings. The highest BCUT2D eigenvalue weighted by molar-refractivity contribution is 6.02. The van der Waals surface area contributed by atoms with Crippen molar-refractivity contribution in [1.29, 1.82) is 0 Å². The Balaban J connectivity index is 1.49. The van der Waals surface area contributed by atoms with Crippen LogP contribution in [-0.4, -0.2) is 34.8 Å². The lowest BCUT2D eigenvalue weighted by atomic mass is 9.82. The predicted octanol–water partition coefficient (Wildman–Crippen LogP) is 3.75. The normalized spacial score (nSPS) is 17.0. The number of allylic oxidation sites excluding steroid dienone is 1. The van der Waals surface area contributed by atoms with E-state index in [0.717, 1.165) is 6.08 Å². The minimum atomic E-state index is -0.835. The van der Waals surface area contributed by atoms with Crippen molar-refractivity contribution >= 4 is 29.7 Å². The van der Waals surface area contributed by atoms with E-state index in [1.807, 2.05) is 0 Å². The summed E-state index contributed by atoms with van der Waals surface area (Å²) < 4.78 is 15.7. The van der Waals surface area contributed by atoms with E-state index in [4.69, 9.17) is 19.3 Å². The van der Waals surface area contributed by atoms with Crippen LogP contribution >= 0.6 is 0 Å². The van der Waals surface area contributed by atoms with Crippen LogP contribution in [0.1, 0.15) is 42.5 Å². The third-order valence-electron chi connectivity index (χ3n) is 5.53. The molecule has 1 aliphatic carbocycles. The summed E-state index contributed by atoms with van der Waals surface area (Å²) in [7, 11) is 0. The van der Waals surface area contributed by atoms with Crippen LogP contribution in [0.15, 0.2) is 61.2 Å². The van der Waals surface area contributed by atoms with Crippen LogP contribution in [0.25, 0.3) is 0 Å². The van der Waals surface area contributed by atoms with Crippen LogP contribution in [0.4, 0.5) is 0 Å². The second-order valence-corrected chi connectivity index (χ2v) is 8.01. The van der Waals surface area contributed by atoms with Gasteiger partial charge in [-0.3, -0.25) is 19.2 Å². The van der Waals surface area contributed by atoms with Crippen LogP contribution in [-0.2, 0) is 19.2 Å². The first-order chi connectivity index (χ1) is 16.7. The highest BCUT2D eigenvalue weighted by Gasteiger charge is 2.30. The number of ketones is 1. The van der Waals surface area contributed by atoms with E-state index in [1.165, 1.54) is 48.5 Å². The van der Waals surface area contributed by atoms with Crippen molar-refractivity contribution in [1.82, 2.24) is 0 Å². The standard InChI is InChI=1S/C26H24O9/c1-2-19(27)15-23(28)33-20-9-7-18(8-10-20)26(32)35-22-13-11-21(12-14-22)34-25(31)17-5-3-16(4-6-17)24(29)30/h2,7-14,16-17H,1,3-6,15H2,(H,29,30). The summed E-state index contributed by atoms with van der Waals surface area (Å²) in [6.07, 6.45) is 2.44. The van der Waals surface area contributed by atoms with E-state index in [9.17, 15) is 24.0 Å². The maximum atomic E-state index is 12.4. The average molecular weight is 480 g/mol. The Bertz CT molecular complexity index is 1110. The number of aliphatic carboxylic acids is 1. The first-order valence-corrected chi connectivity index (χ1v) is 11.0. The number of benzene rings is 2. The van der Waals surface area contributed by atoms with Gasteiger partial charge in [-0.2, -0.15) is 0 Å². The Kier molecular flexibility index (Phi) is 8.50. The molecule has 0 unspecified atom stereocenters. The summed E-state index contributed by atoms with van der Waals surface area (Å²) in [6.45, 7) is 3.28. The first kappa shape index (κ1) is 25.4. The number of carboxylic acids is 1. The Morgan fingerprint density at radius 2 is 1.26 bits per heavy atom. The molecule has 2 aromatic carbocycles. The van der Waals surface area contributed by atoms with Crippen molar-refractivity contribution in [3.05, 3.63) is 66.7 Å². The number of rotatable bonds is 9. The minimum absolute atomic E-state index is 0.172. The van der Waals surface area contributed by atoms with Gasteiger partial charge in [-0.05, 0) is 80.3 Å². The summed E-state index contributed by atoms with van der Waals surface area (Å²) in [5, 5.41) is 9.05. The van der Waals surface area contributed by atoms with Gasteiger partial charge >= 0.3 is 23.9 Å². The molecule has 0 amide bonds. The van der Waals surface area contributed by atoms with Gasteiger partial charge < -0.3 is 19.3 Å². The number of carboxylic acid groups (broad SMARTS) is 1. The number of ether oxygens (including phenoxy) is 3. The van der Waals surface area contributed by atoms with Crippen LogP contribution in [0.3, 0.4) is 0 Å². The zero-order valence-electron chi connectivity index (χ0n) is 18.8. The van der Waals surface area contributed by atoms with E-state index in [2.05, 4.69) is 6.58 Å². The van der Waals surface area contributed by atoms with Gasteiger partial charge in [-0.15, -0.1) is 0 Å². The van der Waals surface area contributed by atoms with Gasteiger partial charge in [-0.1, -0.05) is 6.58 Å². The third kappa shape index (κ3) is 7.36. The summed E-state index contributed by atoms with van der Waals surface area (Å²) >= 11 is 0. The van der Waals surface area contributed by atoms with Crippen molar-refractivity contribution in [3.8, 4) is 17.2 Å². The van der Waals surface area contributed by atoms with Gasteiger partial charge in [0.25, 0.3) is 0 Å². The number of hydrogen-bond acceptors (Lipinski definition) is 8. The number of hydrogen-bond donors (Lipinski definition) is 1. The molecule has 2 aromatic rings. The molecule has 9 heteroatoms. The molecular formula is C26H24O9. The maximum absolute atomic E-state index is 12.4. The fraction of sp³-hybridized carbons (Fsp3) is 0.269. The van der Waals surface area contributed by atoms with Crippen molar-refractivity contribution < 1.29 is 43.3 Å². The van der Waals surface area contributed by atoms with E-state index in [0.29, 0.717) is 25.7 Å². The van der Waals surface area contributed by atoms with E-state index in [-0.39, 0.29) is 28.7 Å². The minimum Gasteiger partial charge on any atom is -0.481 e. The van der Waals surface area contributed by atoms with Crippen LogP contribution in [0.2, 0.25) is 0 Å². The molecule has 0 radical (unpaired) electrons. The van der Waals surface area contributed by atoms with E-state index in [1.54, 1.807) is 0 Å². The SMILES string of the molecule is C=CC(=O)CC(=O)Oc1ccc(C(=O)Oc2ccc(OC(=O)C3CCC(C(=O)O)CC3)cc2)cc1. The van der Waals surface area contributed by atoms with Crippen LogP contribution < -0.4 is 14.2 Å². The van der Waals surface area contributed by atoms with Gasteiger partial charge in [0.1, 0.15) is 23.7 Å². The predicted molar refractivity (Wildman–Crippen MR) is 122 cm³/mol. The molecule has 182 valence electrons. The number of carbonyl (C=O) groups is 5. The Morgan fingerprint density at radius 1 is 0.771 bits per heavy atom. The summed E-state index contributed by atoms with van der Waals surface area (Å²) in [5.41, 5.74) is 0.208. The lowest BCUT2D eigenvalue weighted by Gasteiger charge is -2.24. The van der Waals surface area contributed by atoms with Gasteiger partial charge in [-0.25, -0.2) is 4.79 Å². The lowest BCUT2D eigenvalue weighted by molar-refractivity contribution is -0.146. The molecular weight excluding hydrogens is 456 g/mol. The van der Waals surface area contributed by atoms with Crippen LogP contribution in [0.5, 0.6) is 17.2 Å². The zero-order valence-corrected chi connectivity index (χ0v) is 18.8. The Labute approximate surface area is 201 Å². The first-order valence-electron chi connectivity index (χ1n) is 11.0. The highest BCUT2D eigenvalue weighted by Crippen LogP contribution is 2.30. The van der Waals surface area contributed by atoms with Crippen LogP contribution in [0, 0.1) is 11.8 Å². The number of esters is 3. The molecule has 9 nitrogen and oxygen atoms in total. The topological polar surface area (TPSA) is 133 Å². The summed E-state index contributed by atoms with van der Waals surface area (Å²) in [6, 6.07) is 11.6. The molecule has 3 rings (SSSR count). The number of carbonyl (C=O) groups excluding carboxylic acids is 4. The quantitative estimate of drug-likeness (QED) is 0.246. The Morgan fingerprint density at radius 3 is 1.80 bits per heavy atom. The lowest BCUT2D eigenvalue weighted by Crippen LogP contribution is -2.28. The molecule has 0 atom stereocenters. The van der Waals surface area contributed by atoms with Crippen molar-refractivity contribution in [3.63, 3.8) is 0 Å². The third-order valence-corrected chi connectivity index (χ3v) is 5.53. The molecule has 1 aliphatic rings. The van der Waals surface area contributed by atoms with Crippen molar-refractivity contribution in [2.75, 3.05) is 0 Å². The van der Waals surface area contributed by atoms with Gasteiger partial charge in [0.15, 0.2) is 5.78 Å². The van der Waals surface area contributed by atoms with Gasteiger partial charge in [0.05, 0.1) is 17.4 Å². The largest absolute Gasteiger partial charge is 0.481 e. The molecule has 0 heterocycles. The molecule has 0 aromatic heterocycles. The molecule has 0 aliphatic heterocycles. The van der Waals surface area contributed by atoms with E-state index >= 15 is 0 Å². The molecule has 0 saturated heterocycles. The monoisotopic (exact) mass is 480 g/mol. The Hall–Kier alpha value is -4.27. The average Bonchev–Trinajstić information content (AvgIpc) is 2.85. The fourth-order valence-corrected chi connectivity index (χ4v) is 3.56. The zero-order chi connectivity index (χ0) is 25.4. The molecule has 35 heavy (non-hydrogen) atoms. The summed E-state index contributed by atoms with van der Waals surface area (Å²) in [5.74, 6) is -3.15. The highest BCUT2D eigenvalue weighted by atomic mass is 16.5. The maximum Gasteiger partial charge on any atom is 0.343 e. The molecule has 1 N–H and O–H groups in total. The van der Waals surface area contributed by atoms with Gasteiger partial charge in [0.2, 0.25) is 0 Å². The van der Waals surface area contributed by atoms with Gasteiger partial charge in [0, 0.05) is 0 Å². The second kappa shape index (κ2) is 11.7.